The van der Waals surface area contributed by atoms with Gasteiger partial charge in [0.25, 0.3) is 7.37 Å². The van der Waals surface area contributed by atoms with Gasteiger partial charge in [-0.25, -0.2) is 0 Å². The molecule has 3 aromatic rings. The second-order valence-electron chi connectivity index (χ2n) is 11.2. The lowest BCUT2D eigenvalue weighted by atomic mass is 9.75. The van der Waals surface area contributed by atoms with Gasteiger partial charge in [-0.2, -0.15) is 0 Å². The SMILES string of the molecule is COc1ccc([C@@H](Nc2ccccc2)[P@@](=O)(O[C@@H]2C[C@@H](C)CC[C@@H]2C(C)C)c2ccc(N(C)C)cc2)cc1. The van der Waals surface area contributed by atoms with Crippen molar-refractivity contribution in [2.45, 2.75) is 51.9 Å². The molecular formula is C32H43N2O3P. The fourth-order valence-corrected chi connectivity index (χ4v) is 8.14. The normalized spacial score (nSPS) is 21.9. The number of nitrogens with zero attached hydrogens (tertiary/aromatic N) is 1. The summed E-state index contributed by atoms with van der Waals surface area (Å²) in [5, 5.41) is 4.34. The third kappa shape index (κ3) is 6.45. The second-order valence-corrected chi connectivity index (χ2v) is 13.6. The van der Waals surface area contributed by atoms with Crippen LogP contribution in [0.25, 0.3) is 0 Å². The number of nitrogens with one attached hydrogen (secondary N) is 1. The van der Waals surface area contributed by atoms with Crippen LogP contribution < -0.4 is 20.3 Å². The third-order valence-electron chi connectivity index (χ3n) is 7.83. The quantitative estimate of drug-likeness (QED) is 0.268. The minimum absolute atomic E-state index is 0.0727. The van der Waals surface area contributed by atoms with Gasteiger partial charge in [0.1, 0.15) is 11.5 Å². The van der Waals surface area contributed by atoms with Gasteiger partial charge in [0.15, 0.2) is 0 Å². The molecule has 1 fully saturated rings. The van der Waals surface area contributed by atoms with Crippen LogP contribution in [-0.2, 0) is 9.09 Å². The molecule has 0 bridgehead atoms. The van der Waals surface area contributed by atoms with Crippen LogP contribution in [0.5, 0.6) is 5.75 Å². The lowest BCUT2D eigenvalue weighted by Gasteiger charge is -2.41. The summed E-state index contributed by atoms with van der Waals surface area (Å²) >= 11 is 0. The maximum Gasteiger partial charge on any atom is 0.258 e. The molecule has 0 heterocycles. The Morgan fingerprint density at radius 2 is 1.58 bits per heavy atom. The predicted octanol–water partition coefficient (Wildman–Crippen LogP) is 7.95. The summed E-state index contributed by atoms with van der Waals surface area (Å²) < 4.78 is 28.0. The van der Waals surface area contributed by atoms with E-state index in [1.807, 2.05) is 93.0 Å². The molecule has 1 aliphatic carbocycles. The molecule has 3 aromatic carbocycles. The van der Waals surface area contributed by atoms with Gasteiger partial charge >= 0.3 is 0 Å². The van der Waals surface area contributed by atoms with Gasteiger partial charge in [-0.05, 0) is 84.7 Å². The van der Waals surface area contributed by atoms with E-state index in [2.05, 4.69) is 31.0 Å². The first-order chi connectivity index (χ1) is 18.2. The lowest BCUT2D eigenvalue weighted by molar-refractivity contribution is 0.0489. The van der Waals surface area contributed by atoms with Crippen LogP contribution in [0.2, 0.25) is 0 Å². The van der Waals surface area contributed by atoms with Crippen molar-refractivity contribution in [2.75, 3.05) is 31.4 Å². The molecule has 38 heavy (non-hydrogen) atoms. The Bertz CT molecular complexity index is 1200. The summed E-state index contributed by atoms with van der Waals surface area (Å²) in [7, 11) is 2.20. The molecule has 4 rings (SSSR count). The standard InChI is InChI=1S/C32H43N2O3P/c1-23(2)30-21-12-24(3)22-31(30)37-38(35,29-19-15-27(16-20-29)34(4)5)32(33-26-10-8-7-9-11-26)25-13-17-28(36-6)18-14-25/h7-11,13-20,23-24,30-33H,12,21-22H2,1-6H3/t24-,30+,31+,32-,38-/m0/s1. The molecule has 1 N–H and O–H groups in total. The van der Waals surface area contributed by atoms with E-state index in [-0.39, 0.29) is 6.10 Å². The van der Waals surface area contributed by atoms with Crippen LogP contribution in [0, 0.1) is 17.8 Å². The van der Waals surface area contributed by atoms with Crippen molar-refractivity contribution >= 4 is 24.0 Å². The zero-order valence-corrected chi connectivity index (χ0v) is 24.5. The van der Waals surface area contributed by atoms with E-state index in [1.165, 1.54) is 6.42 Å². The zero-order valence-electron chi connectivity index (χ0n) is 23.6. The Kier molecular flexibility index (Phi) is 9.23. The number of para-hydroxylation sites is 1. The number of methoxy groups -OCH3 is 1. The van der Waals surface area contributed by atoms with Crippen molar-refractivity contribution in [1.29, 1.82) is 0 Å². The number of hydrogen-bond acceptors (Lipinski definition) is 5. The summed E-state index contributed by atoms with van der Waals surface area (Å²) in [4.78, 5) is 2.05. The van der Waals surface area contributed by atoms with E-state index in [4.69, 9.17) is 9.26 Å². The molecule has 0 radical (unpaired) electrons. The minimum Gasteiger partial charge on any atom is -0.497 e. The summed E-state index contributed by atoms with van der Waals surface area (Å²) in [6, 6.07) is 25.8. The van der Waals surface area contributed by atoms with E-state index in [9.17, 15) is 0 Å². The number of rotatable bonds is 10. The lowest BCUT2D eigenvalue weighted by Crippen LogP contribution is -2.35. The maximum atomic E-state index is 15.6. The molecule has 1 aliphatic rings. The van der Waals surface area contributed by atoms with E-state index in [0.717, 1.165) is 40.8 Å². The largest absolute Gasteiger partial charge is 0.497 e. The van der Waals surface area contributed by atoms with Gasteiger partial charge in [0.2, 0.25) is 0 Å². The van der Waals surface area contributed by atoms with Gasteiger partial charge in [0, 0.05) is 30.8 Å². The minimum atomic E-state index is -3.49. The highest BCUT2D eigenvalue weighted by Gasteiger charge is 2.43. The molecule has 0 unspecified atom stereocenters. The molecule has 0 aromatic heterocycles. The highest BCUT2D eigenvalue weighted by molar-refractivity contribution is 7.67. The van der Waals surface area contributed by atoms with Crippen LogP contribution in [0.1, 0.15) is 51.4 Å². The summed E-state index contributed by atoms with van der Waals surface area (Å²) in [5.74, 6) is 1.57. The van der Waals surface area contributed by atoms with Crippen molar-refractivity contribution in [3.8, 4) is 5.75 Å². The fourth-order valence-electron chi connectivity index (χ4n) is 5.51. The smallest absolute Gasteiger partial charge is 0.258 e. The first-order valence-electron chi connectivity index (χ1n) is 13.7. The van der Waals surface area contributed by atoms with Gasteiger partial charge < -0.3 is 19.5 Å². The number of anilines is 2. The Labute approximate surface area is 229 Å². The van der Waals surface area contributed by atoms with Crippen molar-refractivity contribution in [3.63, 3.8) is 0 Å². The topological polar surface area (TPSA) is 50.8 Å². The number of ether oxygens (including phenoxy) is 1. The summed E-state index contributed by atoms with van der Waals surface area (Å²) in [6.07, 6.45) is 3.14. The van der Waals surface area contributed by atoms with E-state index >= 15 is 4.57 Å². The molecule has 1 saturated carbocycles. The Morgan fingerprint density at radius 1 is 0.921 bits per heavy atom. The molecule has 204 valence electrons. The number of hydrogen-bond donors (Lipinski definition) is 1. The molecule has 6 heteroatoms. The van der Waals surface area contributed by atoms with Crippen LogP contribution in [0.4, 0.5) is 11.4 Å². The van der Waals surface area contributed by atoms with Crippen LogP contribution >= 0.6 is 7.37 Å². The first-order valence-corrected chi connectivity index (χ1v) is 15.4. The fraction of sp³-hybridized carbons (Fsp3) is 0.438. The number of benzene rings is 3. The maximum absolute atomic E-state index is 15.6. The average Bonchev–Trinajstić information content (AvgIpc) is 2.92. The van der Waals surface area contributed by atoms with Crippen LogP contribution in [-0.4, -0.2) is 27.3 Å². The van der Waals surface area contributed by atoms with Crippen molar-refractivity contribution in [3.05, 3.63) is 84.4 Å². The van der Waals surface area contributed by atoms with Gasteiger partial charge in [-0.1, -0.05) is 57.5 Å². The zero-order chi connectivity index (χ0) is 27.3. The second kappa shape index (κ2) is 12.4. The average molecular weight is 535 g/mol. The van der Waals surface area contributed by atoms with Crippen molar-refractivity contribution in [1.82, 2.24) is 0 Å². The first kappa shape index (κ1) is 28.3. The van der Waals surface area contributed by atoms with E-state index in [1.54, 1.807) is 7.11 Å². The molecule has 0 spiro atoms. The molecule has 5 atom stereocenters. The predicted molar refractivity (Wildman–Crippen MR) is 160 cm³/mol. The summed E-state index contributed by atoms with van der Waals surface area (Å²) in [6.45, 7) is 6.81. The van der Waals surface area contributed by atoms with Gasteiger partial charge in [-0.15, -0.1) is 0 Å². The molecule has 0 amide bonds. The highest BCUT2D eigenvalue weighted by Crippen LogP contribution is 2.61. The van der Waals surface area contributed by atoms with Gasteiger partial charge in [0.05, 0.1) is 13.2 Å². The van der Waals surface area contributed by atoms with E-state index < -0.39 is 13.2 Å². The molecule has 5 nitrogen and oxygen atoms in total. The molecule has 0 saturated heterocycles. The van der Waals surface area contributed by atoms with Crippen molar-refractivity contribution in [2.24, 2.45) is 17.8 Å². The molecule has 0 aliphatic heterocycles. The monoisotopic (exact) mass is 534 g/mol. The van der Waals surface area contributed by atoms with Gasteiger partial charge in [-0.3, -0.25) is 4.57 Å². The van der Waals surface area contributed by atoms with E-state index in [0.29, 0.717) is 17.8 Å². The Balaban J connectivity index is 1.85. The Morgan fingerprint density at radius 3 is 2.16 bits per heavy atom. The highest BCUT2D eigenvalue weighted by atomic mass is 31.2. The van der Waals surface area contributed by atoms with Crippen LogP contribution in [0.15, 0.2) is 78.9 Å². The summed E-state index contributed by atoms with van der Waals surface area (Å²) in [5.41, 5.74) is 2.86. The Hall–Kier alpha value is -2.75. The molecular weight excluding hydrogens is 491 g/mol. The van der Waals surface area contributed by atoms with Crippen molar-refractivity contribution < 1.29 is 13.8 Å². The van der Waals surface area contributed by atoms with Crippen LogP contribution in [0.3, 0.4) is 0 Å². The third-order valence-corrected chi connectivity index (χ3v) is 10.5.